The summed E-state index contributed by atoms with van der Waals surface area (Å²) in [5.41, 5.74) is -3.64. The van der Waals surface area contributed by atoms with E-state index in [0.29, 0.717) is 0 Å². The summed E-state index contributed by atoms with van der Waals surface area (Å²) in [4.78, 5) is 25.0. The van der Waals surface area contributed by atoms with Gasteiger partial charge >= 0.3 is 23.9 Å². The fourth-order valence-electron chi connectivity index (χ4n) is 3.26. The zero-order valence-corrected chi connectivity index (χ0v) is 22.6. The van der Waals surface area contributed by atoms with Gasteiger partial charge in [-0.1, -0.05) is 12.1 Å². The zero-order valence-electron chi connectivity index (χ0n) is 19.4. The lowest BCUT2D eigenvalue weighted by Gasteiger charge is -2.34. The van der Waals surface area contributed by atoms with Crippen molar-refractivity contribution < 1.29 is 57.9 Å². The van der Waals surface area contributed by atoms with Crippen LogP contribution < -0.4 is 10.6 Å². The number of carbonyl (C=O) groups excluding carboxylic acids is 2. The molecule has 0 radical (unpaired) electrons. The van der Waals surface area contributed by atoms with Gasteiger partial charge in [-0.25, -0.2) is 8.78 Å². The van der Waals surface area contributed by atoms with Crippen LogP contribution in [0.15, 0.2) is 63.5 Å². The first-order valence-electron chi connectivity index (χ1n) is 10.6. The maximum Gasteiger partial charge on any atom is 0.460 e. The van der Waals surface area contributed by atoms with Crippen LogP contribution in [0.25, 0.3) is 0 Å². The van der Waals surface area contributed by atoms with Gasteiger partial charge in [0.2, 0.25) is 0 Å². The molecule has 0 bridgehead atoms. The molecule has 0 aliphatic rings. The highest BCUT2D eigenvalue weighted by Crippen LogP contribution is 2.57. The van der Waals surface area contributed by atoms with Gasteiger partial charge in [-0.15, -0.1) is 0 Å². The molecule has 0 saturated heterocycles. The van der Waals surface area contributed by atoms with Gasteiger partial charge in [0, 0.05) is 25.8 Å². The van der Waals surface area contributed by atoms with Crippen LogP contribution in [0.3, 0.4) is 0 Å². The fraction of sp³-hybridized carbons (Fsp3) is 0.167. The molecule has 41 heavy (non-hydrogen) atoms. The molecule has 220 valence electrons. The lowest BCUT2D eigenvalue weighted by molar-refractivity contribution is -0.399. The minimum Gasteiger partial charge on any atom is -0.322 e. The second-order valence-electron chi connectivity index (χ2n) is 8.12. The molecule has 0 aliphatic heterocycles. The minimum atomic E-state index is -7.10. The lowest BCUT2D eigenvalue weighted by Crippen LogP contribution is -2.59. The molecule has 0 atom stereocenters. The number of hydrogen-bond donors (Lipinski definition) is 2. The van der Waals surface area contributed by atoms with Gasteiger partial charge in [0.1, 0.15) is 17.2 Å². The number of nitrogens with one attached hydrogen (secondary N) is 2. The molecule has 2 N–H and O–H groups in total. The van der Waals surface area contributed by atoms with Crippen molar-refractivity contribution in [3.8, 4) is 0 Å². The van der Waals surface area contributed by atoms with E-state index >= 15 is 0 Å². The van der Waals surface area contributed by atoms with Crippen LogP contribution in [0.1, 0.15) is 26.3 Å². The van der Waals surface area contributed by atoms with Crippen LogP contribution in [0, 0.1) is 11.6 Å². The molecule has 2 amide bonds. The first-order valence-corrected chi connectivity index (χ1v) is 12.2. The van der Waals surface area contributed by atoms with E-state index in [1.165, 1.54) is 18.2 Å². The third-order valence-corrected chi connectivity index (χ3v) is 6.61. The smallest absolute Gasteiger partial charge is 0.322 e. The largest absolute Gasteiger partial charge is 0.460 e. The molecule has 0 spiro atoms. The normalized spacial score (nSPS) is 12.7. The SMILES string of the molecule is O=C(Nc1c(Br)cc(C(F)(F)C(F)(F)C(F)(F)C(F)(F)F)cc1Br)c1cccc(NC(=O)c2c(F)cccc2F)c1. The quantitative estimate of drug-likeness (QED) is 0.239. The highest BCUT2D eigenvalue weighted by atomic mass is 79.9. The van der Waals surface area contributed by atoms with Crippen molar-refractivity contribution in [2.45, 2.75) is 23.9 Å². The van der Waals surface area contributed by atoms with E-state index in [2.05, 4.69) is 42.5 Å². The van der Waals surface area contributed by atoms with Gasteiger partial charge in [0.25, 0.3) is 11.8 Å². The molecular weight excluding hydrogens is 717 g/mol. The summed E-state index contributed by atoms with van der Waals surface area (Å²) in [5.74, 6) is -24.6. The molecular formula is C24H11Br2F11N2O2. The molecule has 0 unspecified atom stereocenters. The van der Waals surface area contributed by atoms with Gasteiger partial charge in [-0.3, -0.25) is 9.59 Å². The summed E-state index contributed by atoms with van der Waals surface area (Å²) >= 11 is 5.35. The van der Waals surface area contributed by atoms with E-state index in [-0.39, 0.29) is 23.4 Å². The first kappa shape index (κ1) is 32.3. The van der Waals surface area contributed by atoms with Crippen LogP contribution in [0.4, 0.5) is 59.7 Å². The number of rotatable bonds is 7. The van der Waals surface area contributed by atoms with E-state index in [1.54, 1.807) is 0 Å². The Kier molecular flexibility index (Phi) is 8.85. The molecule has 17 heteroatoms. The molecule has 4 nitrogen and oxygen atoms in total. The molecule has 0 fully saturated rings. The lowest BCUT2D eigenvalue weighted by atomic mass is 9.96. The maximum absolute atomic E-state index is 14.4. The van der Waals surface area contributed by atoms with Crippen LogP contribution in [-0.2, 0) is 5.92 Å². The second kappa shape index (κ2) is 11.2. The molecule has 3 aromatic rings. The zero-order chi connectivity index (χ0) is 31.1. The molecule has 3 aromatic carbocycles. The van der Waals surface area contributed by atoms with E-state index in [9.17, 15) is 57.9 Å². The monoisotopic (exact) mass is 726 g/mol. The molecule has 0 aliphatic carbocycles. The third-order valence-electron chi connectivity index (χ3n) is 5.36. The van der Waals surface area contributed by atoms with Gasteiger partial charge in [-0.05, 0) is 74.3 Å². The Bertz CT molecular complexity index is 1470. The Morgan fingerprint density at radius 2 is 1.17 bits per heavy atom. The van der Waals surface area contributed by atoms with Crippen molar-refractivity contribution in [2.75, 3.05) is 10.6 Å². The van der Waals surface area contributed by atoms with Gasteiger partial charge in [0.15, 0.2) is 0 Å². The summed E-state index contributed by atoms with van der Waals surface area (Å²) in [6.45, 7) is 0. The topological polar surface area (TPSA) is 58.2 Å². The summed E-state index contributed by atoms with van der Waals surface area (Å²) in [7, 11) is 0. The standard InChI is InChI=1S/C24H11Br2F11N2O2/c25-13-8-11(21(29,30)22(31,32)23(33,34)24(35,36)37)9-14(26)18(13)39-19(40)10-3-1-4-12(7-10)38-20(41)17-15(27)5-2-6-16(17)28/h1-9H,(H,38,41)(H,39,40). The number of halogens is 13. The number of hydrogen-bond acceptors (Lipinski definition) is 2. The van der Waals surface area contributed by atoms with Crippen molar-refractivity contribution >= 4 is 55.0 Å². The molecule has 0 heterocycles. The van der Waals surface area contributed by atoms with E-state index < -0.39 is 73.2 Å². The fourth-order valence-corrected chi connectivity index (χ4v) is 4.65. The summed E-state index contributed by atoms with van der Waals surface area (Å²) < 4.78 is 147. The third kappa shape index (κ3) is 6.05. The Morgan fingerprint density at radius 3 is 1.68 bits per heavy atom. The number of anilines is 2. The van der Waals surface area contributed by atoms with Crippen LogP contribution in [-0.4, -0.2) is 29.8 Å². The summed E-state index contributed by atoms with van der Waals surface area (Å²) in [5, 5.41) is 4.34. The van der Waals surface area contributed by atoms with Gasteiger partial charge in [0.05, 0.1) is 5.69 Å². The molecule has 3 rings (SSSR count). The van der Waals surface area contributed by atoms with Crippen molar-refractivity contribution in [2.24, 2.45) is 0 Å². The maximum atomic E-state index is 14.4. The Labute approximate surface area is 239 Å². The Balaban J connectivity index is 1.87. The summed E-state index contributed by atoms with van der Waals surface area (Å²) in [6.07, 6.45) is -7.00. The second-order valence-corrected chi connectivity index (χ2v) is 9.83. The van der Waals surface area contributed by atoms with E-state index in [4.69, 9.17) is 0 Å². The highest BCUT2D eigenvalue weighted by Gasteiger charge is 2.82. The average molecular weight is 728 g/mol. The first-order chi connectivity index (χ1) is 18.7. The highest BCUT2D eigenvalue weighted by molar-refractivity contribution is 9.11. The van der Waals surface area contributed by atoms with Crippen LogP contribution >= 0.6 is 31.9 Å². The Morgan fingerprint density at radius 1 is 0.659 bits per heavy atom. The number of alkyl halides is 9. The van der Waals surface area contributed by atoms with E-state index in [1.807, 2.05) is 0 Å². The molecule has 0 aromatic heterocycles. The van der Waals surface area contributed by atoms with E-state index in [0.717, 1.165) is 24.3 Å². The van der Waals surface area contributed by atoms with Crippen molar-refractivity contribution in [3.05, 3.63) is 91.9 Å². The number of amides is 2. The predicted molar refractivity (Wildman–Crippen MR) is 130 cm³/mol. The number of benzene rings is 3. The van der Waals surface area contributed by atoms with Crippen molar-refractivity contribution in [1.82, 2.24) is 0 Å². The van der Waals surface area contributed by atoms with Crippen molar-refractivity contribution in [3.63, 3.8) is 0 Å². The molecule has 0 saturated carbocycles. The van der Waals surface area contributed by atoms with Gasteiger partial charge < -0.3 is 10.6 Å². The average Bonchev–Trinajstić information content (AvgIpc) is 2.85. The number of carbonyl (C=O) groups is 2. The Hall–Kier alpha value is -3.21. The van der Waals surface area contributed by atoms with Crippen LogP contribution in [0.2, 0.25) is 0 Å². The minimum absolute atomic E-state index is 0.111. The summed E-state index contributed by atoms with van der Waals surface area (Å²) in [6, 6.07) is 7.62. The van der Waals surface area contributed by atoms with Crippen LogP contribution in [0.5, 0.6) is 0 Å². The van der Waals surface area contributed by atoms with Crippen molar-refractivity contribution in [1.29, 1.82) is 0 Å². The predicted octanol–water partition coefficient (Wildman–Crippen LogP) is 8.92. The van der Waals surface area contributed by atoms with Gasteiger partial charge in [-0.2, -0.15) is 39.5 Å².